The minimum Gasteiger partial charge on any atom is -0.335 e. The molecule has 1 atom stereocenters. The van der Waals surface area contributed by atoms with Crippen molar-refractivity contribution in [3.63, 3.8) is 0 Å². The van der Waals surface area contributed by atoms with E-state index in [0.29, 0.717) is 0 Å². The SMILES string of the molecule is Cc1ccc(C(=O)N2CCN(C)C(c3ccccc3)C2)cc1. The van der Waals surface area contributed by atoms with E-state index in [-0.39, 0.29) is 11.9 Å². The number of hydrogen-bond acceptors (Lipinski definition) is 2. The zero-order chi connectivity index (χ0) is 15.5. The number of likely N-dealkylation sites (N-methyl/N-ethyl adjacent to an activating group) is 1. The molecule has 0 radical (unpaired) electrons. The Hall–Kier alpha value is -2.13. The van der Waals surface area contributed by atoms with Crippen LogP contribution in [0.25, 0.3) is 0 Å². The first kappa shape index (κ1) is 14.8. The fourth-order valence-corrected chi connectivity index (χ4v) is 2.97. The van der Waals surface area contributed by atoms with Gasteiger partial charge in [-0.05, 0) is 31.7 Å². The number of hydrogen-bond donors (Lipinski definition) is 0. The molecule has 1 heterocycles. The van der Waals surface area contributed by atoms with Crippen LogP contribution in [0.15, 0.2) is 54.6 Å². The molecule has 3 heteroatoms. The molecular formula is C19H22N2O. The highest BCUT2D eigenvalue weighted by Crippen LogP contribution is 2.24. The van der Waals surface area contributed by atoms with Gasteiger partial charge in [0.15, 0.2) is 0 Å². The van der Waals surface area contributed by atoms with Crippen LogP contribution in [-0.2, 0) is 0 Å². The molecule has 1 aliphatic rings. The fraction of sp³-hybridized carbons (Fsp3) is 0.316. The third-order valence-electron chi connectivity index (χ3n) is 4.42. The van der Waals surface area contributed by atoms with Crippen LogP contribution in [0.4, 0.5) is 0 Å². The quantitative estimate of drug-likeness (QED) is 0.849. The summed E-state index contributed by atoms with van der Waals surface area (Å²) in [5.41, 5.74) is 3.23. The Bertz CT molecular complexity index is 636. The minimum absolute atomic E-state index is 0.133. The molecule has 0 saturated carbocycles. The van der Waals surface area contributed by atoms with Gasteiger partial charge in [-0.25, -0.2) is 0 Å². The Morgan fingerprint density at radius 2 is 1.68 bits per heavy atom. The van der Waals surface area contributed by atoms with Crippen molar-refractivity contribution in [2.45, 2.75) is 13.0 Å². The first-order chi connectivity index (χ1) is 10.6. The van der Waals surface area contributed by atoms with Gasteiger partial charge < -0.3 is 4.90 Å². The highest BCUT2D eigenvalue weighted by Gasteiger charge is 2.28. The van der Waals surface area contributed by atoms with Crippen molar-refractivity contribution >= 4 is 5.91 Å². The summed E-state index contributed by atoms with van der Waals surface area (Å²) in [6.07, 6.45) is 0. The average Bonchev–Trinajstić information content (AvgIpc) is 2.56. The highest BCUT2D eigenvalue weighted by atomic mass is 16.2. The third-order valence-corrected chi connectivity index (χ3v) is 4.42. The van der Waals surface area contributed by atoms with Gasteiger partial charge in [0.05, 0.1) is 6.04 Å². The first-order valence-electron chi connectivity index (χ1n) is 7.76. The molecule has 1 unspecified atom stereocenters. The standard InChI is InChI=1S/C19H22N2O/c1-15-8-10-17(11-9-15)19(22)21-13-12-20(2)18(14-21)16-6-4-3-5-7-16/h3-11,18H,12-14H2,1-2H3. The van der Waals surface area contributed by atoms with Gasteiger partial charge >= 0.3 is 0 Å². The number of carbonyl (C=O) groups is 1. The predicted molar refractivity (Wildman–Crippen MR) is 88.9 cm³/mol. The van der Waals surface area contributed by atoms with Crippen LogP contribution in [0.2, 0.25) is 0 Å². The van der Waals surface area contributed by atoms with Crippen LogP contribution >= 0.6 is 0 Å². The first-order valence-corrected chi connectivity index (χ1v) is 7.76. The van der Waals surface area contributed by atoms with Crippen molar-refractivity contribution in [2.24, 2.45) is 0 Å². The lowest BCUT2D eigenvalue weighted by molar-refractivity contribution is 0.0546. The second-order valence-electron chi connectivity index (χ2n) is 6.02. The summed E-state index contributed by atoms with van der Waals surface area (Å²) in [5, 5.41) is 0. The van der Waals surface area contributed by atoms with Crippen molar-refractivity contribution < 1.29 is 4.79 Å². The molecule has 2 aromatic rings. The molecule has 22 heavy (non-hydrogen) atoms. The van der Waals surface area contributed by atoms with E-state index in [0.717, 1.165) is 25.2 Å². The molecular weight excluding hydrogens is 272 g/mol. The van der Waals surface area contributed by atoms with E-state index in [1.165, 1.54) is 11.1 Å². The monoisotopic (exact) mass is 294 g/mol. The van der Waals surface area contributed by atoms with E-state index in [9.17, 15) is 4.79 Å². The Balaban J connectivity index is 1.78. The topological polar surface area (TPSA) is 23.6 Å². The smallest absolute Gasteiger partial charge is 0.253 e. The molecule has 3 nitrogen and oxygen atoms in total. The van der Waals surface area contributed by atoms with Crippen molar-refractivity contribution in [1.82, 2.24) is 9.80 Å². The largest absolute Gasteiger partial charge is 0.335 e. The summed E-state index contributed by atoms with van der Waals surface area (Å²) in [5.74, 6) is 0.133. The Morgan fingerprint density at radius 1 is 1.00 bits per heavy atom. The van der Waals surface area contributed by atoms with Gasteiger partial charge in [0.25, 0.3) is 5.91 Å². The third kappa shape index (κ3) is 3.04. The number of nitrogens with zero attached hydrogens (tertiary/aromatic N) is 2. The lowest BCUT2D eigenvalue weighted by Gasteiger charge is -2.39. The average molecular weight is 294 g/mol. The molecule has 1 amide bonds. The van der Waals surface area contributed by atoms with E-state index in [1.807, 2.05) is 42.2 Å². The molecule has 0 bridgehead atoms. The summed E-state index contributed by atoms with van der Waals surface area (Å²) < 4.78 is 0. The lowest BCUT2D eigenvalue weighted by atomic mass is 10.0. The molecule has 1 aliphatic heterocycles. The molecule has 1 fully saturated rings. The molecule has 0 N–H and O–H groups in total. The number of piperazine rings is 1. The zero-order valence-electron chi connectivity index (χ0n) is 13.2. The molecule has 0 spiro atoms. The van der Waals surface area contributed by atoms with Gasteiger partial charge in [-0.2, -0.15) is 0 Å². The van der Waals surface area contributed by atoms with Crippen molar-refractivity contribution in [3.8, 4) is 0 Å². The molecule has 0 aromatic heterocycles. The molecule has 3 rings (SSSR count). The van der Waals surface area contributed by atoms with Crippen LogP contribution in [0.1, 0.15) is 27.5 Å². The Morgan fingerprint density at radius 3 is 2.36 bits per heavy atom. The summed E-state index contributed by atoms with van der Waals surface area (Å²) in [4.78, 5) is 17.0. The molecule has 114 valence electrons. The van der Waals surface area contributed by atoms with Gasteiger partial charge in [-0.15, -0.1) is 0 Å². The van der Waals surface area contributed by atoms with Gasteiger partial charge in [0.1, 0.15) is 0 Å². The number of amides is 1. The molecule has 2 aromatic carbocycles. The second kappa shape index (κ2) is 6.32. The van der Waals surface area contributed by atoms with E-state index in [2.05, 4.69) is 36.2 Å². The number of rotatable bonds is 2. The summed E-state index contributed by atoms with van der Waals surface area (Å²) in [6, 6.07) is 18.5. The normalized spacial score (nSPS) is 19.2. The van der Waals surface area contributed by atoms with Crippen molar-refractivity contribution in [1.29, 1.82) is 0 Å². The number of benzene rings is 2. The zero-order valence-corrected chi connectivity index (χ0v) is 13.2. The summed E-state index contributed by atoms with van der Waals surface area (Å²) >= 11 is 0. The van der Waals surface area contributed by atoms with Crippen LogP contribution in [0.3, 0.4) is 0 Å². The van der Waals surface area contributed by atoms with E-state index in [1.54, 1.807) is 0 Å². The fourth-order valence-electron chi connectivity index (χ4n) is 2.97. The van der Waals surface area contributed by atoms with Crippen LogP contribution in [-0.4, -0.2) is 42.4 Å². The van der Waals surface area contributed by atoms with Gasteiger partial charge in [0.2, 0.25) is 0 Å². The second-order valence-corrected chi connectivity index (χ2v) is 6.02. The van der Waals surface area contributed by atoms with Crippen LogP contribution in [0, 0.1) is 6.92 Å². The van der Waals surface area contributed by atoms with E-state index >= 15 is 0 Å². The Labute approximate surface area is 132 Å². The maximum absolute atomic E-state index is 12.7. The van der Waals surface area contributed by atoms with Gasteiger partial charge in [0, 0.05) is 25.2 Å². The van der Waals surface area contributed by atoms with E-state index in [4.69, 9.17) is 0 Å². The predicted octanol–water partition coefficient (Wildman–Crippen LogP) is 3.12. The van der Waals surface area contributed by atoms with Gasteiger partial charge in [-0.3, -0.25) is 9.69 Å². The van der Waals surface area contributed by atoms with Crippen molar-refractivity contribution in [2.75, 3.05) is 26.7 Å². The van der Waals surface area contributed by atoms with Gasteiger partial charge in [-0.1, -0.05) is 48.0 Å². The molecule has 1 saturated heterocycles. The van der Waals surface area contributed by atoms with Crippen LogP contribution in [0.5, 0.6) is 0 Å². The van der Waals surface area contributed by atoms with Crippen LogP contribution < -0.4 is 0 Å². The maximum Gasteiger partial charge on any atom is 0.253 e. The van der Waals surface area contributed by atoms with Crippen molar-refractivity contribution in [3.05, 3.63) is 71.3 Å². The lowest BCUT2D eigenvalue weighted by Crippen LogP contribution is -2.49. The summed E-state index contributed by atoms with van der Waals surface area (Å²) in [6.45, 7) is 4.46. The Kier molecular flexibility index (Phi) is 4.25. The summed E-state index contributed by atoms with van der Waals surface area (Å²) in [7, 11) is 2.13. The maximum atomic E-state index is 12.7. The number of aryl methyl sites for hydroxylation is 1. The molecule has 0 aliphatic carbocycles. The number of carbonyl (C=O) groups excluding carboxylic acids is 1. The van der Waals surface area contributed by atoms with E-state index < -0.39 is 0 Å². The highest BCUT2D eigenvalue weighted by molar-refractivity contribution is 5.94. The minimum atomic E-state index is 0.133.